The van der Waals surface area contributed by atoms with Gasteiger partial charge in [-0.05, 0) is 60.7 Å². The zero-order chi connectivity index (χ0) is 29.6. The molecular formula is C29H29N7O5S. The van der Waals surface area contributed by atoms with Crippen molar-refractivity contribution in [1.29, 1.82) is 0 Å². The molecule has 12 nitrogen and oxygen atoms in total. The number of nitrogens with one attached hydrogen (secondary N) is 5. The van der Waals surface area contributed by atoms with Gasteiger partial charge < -0.3 is 20.7 Å². The van der Waals surface area contributed by atoms with Gasteiger partial charge in [-0.25, -0.2) is 18.2 Å². The van der Waals surface area contributed by atoms with Crippen LogP contribution in [-0.4, -0.2) is 57.8 Å². The molecule has 0 fully saturated rings. The number of carbonyl (C=O) groups excluding carboxylic acids is 1. The van der Waals surface area contributed by atoms with Crippen LogP contribution in [0.4, 0.5) is 5.95 Å². The van der Waals surface area contributed by atoms with Gasteiger partial charge >= 0.3 is 5.97 Å². The lowest BCUT2D eigenvalue weighted by molar-refractivity contribution is -0.145. The van der Waals surface area contributed by atoms with Gasteiger partial charge in [0.25, 0.3) is 5.91 Å². The number of H-pyrrole nitrogens is 2. The highest BCUT2D eigenvalue weighted by molar-refractivity contribution is 7.89. The van der Waals surface area contributed by atoms with Crippen molar-refractivity contribution in [3.05, 3.63) is 97.0 Å². The maximum Gasteiger partial charge on any atom is 0.345 e. The standard InChI is InChI=1S/C29H29N7O5S/c37-26(22-10-13-25-23(18-22)19-33-35-25)34-29(27(38)39,14-4-5-15-30-28-31-16-17-32-28)36-42(40,41)24-11-8-21(9-12-24)20-6-2-1-3-7-20/h1-3,6-13,16-19,36H,4-5,14-15H2,(H,33,35)(H,34,37)(H,38,39)(H2,30,31,32). The second-order valence-electron chi connectivity index (χ2n) is 9.65. The van der Waals surface area contributed by atoms with Gasteiger partial charge in [-0.3, -0.25) is 9.89 Å². The molecule has 0 spiro atoms. The molecule has 2 heterocycles. The second kappa shape index (κ2) is 12.2. The number of aliphatic carboxylic acids is 1. The molecule has 6 N–H and O–H groups in total. The summed E-state index contributed by atoms with van der Waals surface area (Å²) >= 11 is 0. The Morgan fingerprint density at radius 1 is 0.952 bits per heavy atom. The van der Waals surface area contributed by atoms with E-state index in [0.717, 1.165) is 11.1 Å². The summed E-state index contributed by atoms with van der Waals surface area (Å²) in [6, 6.07) is 20.2. The molecule has 0 saturated carbocycles. The van der Waals surface area contributed by atoms with Crippen LogP contribution in [0.3, 0.4) is 0 Å². The highest BCUT2D eigenvalue weighted by atomic mass is 32.2. The number of sulfonamides is 1. The maximum atomic E-state index is 13.5. The summed E-state index contributed by atoms with van der Waals surface area (Å²) in [6.07, 6.45) is 5.30. The molecule has 1 unspecified atom stereocenters. The van der Waals surface area contributed by atoms with Crippen molar-refractivity contribution >= 4 is 38.8 Å². The summed E-state index contributed by atoms with van der Waals surface area (Å²) in [5.74, 6) is -1.73. The predicted octanol–water partition coefficient (Wildman–Crippen LogP) is 3.72. The Morgan fingerprint density at radius 3 is 2.43 bits per heavy atom. The average Bonchev–Trinajstić information content (AvgIpc) is 3.69. The molecule has 0 aliphatic carbocycles. The average molecular weight is 588 g/mol. The van der Waals surface area contributed by atoms with Crippen molar-refractivity contribution in [2.45, 2.75) is 29.8 Å². The fourth-order valence-corrected chi connectivity index (χ4v) is 5.83. The number of anilines is 1. The van der Waals surface area contributed by atoms with E-state index in [2.05, 4.69) is 35.5 Å². The Morgan fingerprint density at radius 2 is 1.71 bits per heavy atom. The lowest BCUT2D eigenvalue weighted by atomic mass is 10.0. The monoisotopic (exact) mass is 587 g/mol. The summed E-state index contributed by atoms with van der Waals surface area (Å²) < 4.78 is 29.4. The number of amides is 1. The highest BCUT2D eigenvalue weighted by Gasteiger charge is 2.44. The largest absolute Gasteiger partial charge is 0.478 e. The summed E-state index contributed by atoms with van der Waals surface area (Å²) in [5, 5.41) is 23.3. The van der Waals surface area contributed by atoms with Gasteiger partial charge in [-0.15, -0.1) is 0 Å². The number of imidazole rings is 1. The van der Waals surface area contributed by atoms with Crippen LogP contribution in [0.25, 0.3) is 22.0 Å². The Bertz CT molecular complexity index is 1770. The van der Waals surface area contributed by atoms with Gasteiger partial charge in [-0.1, -0.05) is 42.5 Å². The molecule has 42 heavy (non-hydrogen) atoms. The van der Waals surface area contributed by atoms with E-state index in [-0.39, 0.29) is 23.3 Å². The van der Waals surface area contributed by atoms with Crippen LogP contribution in [0, 0.1) is 0 Å². The van der Waals surface area contributed by atoms with E-state index in [4.69, 9.17) is 0 Å². The van der Waals surface area contributed by atoms with E-state index in [1.165, 1.54) is 24.4 Å². The third kappa shape index (κ3) is 6.48. The molecule has 216 valence electrons. The van der Waals surface area contributed by atoms with Gasteiger partial charge in [0.2, 0.25) is 15.7 Å². The van der Waals surface area contributed by atoms with Gasteiger partial charge in [0.1, 0.15) is 0 Å². The number of hydrogen-bond donors (Lipinski definition) is 6. The number of hydrogen-bond acceptors (Lipinski definition) is 7. The van der Waals surface area contributed by atoms with Crippen molar-refractivity contribution in [2.24, 2.45) is 0 Å². The number of carbonyl (C=O) groups is 2. The lowest BCUT2D eigenvalue weighted by Gasteiger charge is -2.31. The fraction of sp³-hybridized carbons (Fsp3) is 0.172. The predicted molar refractivity (Wildman–Crippen MR) is 157 cm³/mol. The van der Waals surface area contributed by atoms with E-state index in [1.807, 2.05) is 30.3 Å². The van der Waals surface area contributed by atoms with E-state index in [0.29, 0.717) is 29.8 Å². The Kier molecular flexibility index (Phi) is 8.31. The van der Waals surface area contributed by atoms with Crippen LogP contribution in [0.2, 0.25) is 0 Å². The normalized spacial score (nSPS) is 13.0. The number of aromatic amines is 2. The number of unbranched alkanes of at least 4 members (excludes halogenated alkanes) is 1. The van der Waals surface area contributed by atoms with Crippen LogP contribution in [0.1, 0.15) is 29.6 Å². The third-order valence-corrected chi connectivity index (χ3v) is 8.25. The third-order valence-electron chi connectivity index (χ3n) is 6.74. The van der Waals surface area contributed by atoms with Crippen LogP contribution in [0.15, 0.2) is 96.3 Å². The maximum absolute atomic E-state index is 13.5. The van der Waals surface area contributed by atoms with Gasteiger partial charge in [0, 0.05) is 29.9 Å². The van der Waals surface area contributed by atoms with Gasteiger partial charge in [0.05, 0.1) is 16.6 Å². The first-order valence-corrected chi connectivity index (χ1v) is 14.7. The topological polar surface area (TPSA) is 182 Å². The van der Waals surface area contributed by atoms with Gasteiger partial charge in [0.15, 0.2) is 5.95 Å². The van der Waals surface area contributed by atoms with Crippen molar-refractivity contribution in [1.82, 2.24) is 30.2 Å². The zero-order valence-electron chi connectivity index (χ0n) is 22.4. The molecule has 1 amide bonds. The Labute approximate surface area is 241 Å². The zero-order valence-corrected chi connectivity index (χ0v) is 23.2. The van der Waals surface area contributed by atoms with E-state index in [9.17, 15) is 23.1 Å². The minimum absolute atomic E-state index is 0.138. The number of aromatic nitrogens is 4. The van der Waals surface area contributed by atoms with E-state index in [1.54, 1.807) is 36.7 Å². The number of rotatable bonds is 13. The number of carboxylic acid groups (broad SMARTS) is 1. The Hall–Kier alpha value is -5.01. The smallest absolute Gasteiger partial charge is 0.345 e. The minimum Gasteiger partial charge on any atom is -0.478 e. The number of nitrogens with zero attached hydrogens (tertiary/aromatic N) is 2. The first kappa shape index (κ1) is 28.5. The molecule has 5 rings (SSSR count). The van der Waals surface area contributed by atoms with E-state index >= 15 is 0 Å². The molecule has 0 aliphatic heterocycles. The first-order valence-electron chi connectivity index (χ1n) is 13.2. The van der Waals surface area contributed by atoms with Crippen molar-refractivity contribution in [3.63, 3.8) is 0 Å². The van der Waals surface area contributed by atoms with Crippen LogP contribution < -0.4 is 15.4 Å². The molecule has 2 aromatic heterocycles. The van der Waals surface area contributed by atoms with E-state index < -0.39 is 27.6 Å². The molecule has 0 radical (unpaired) electrons. The summed E-state index contributed by atoms with van der Waals surface area (Å²) in [7, 11) is -4.38. The van der Waals surface area contributed by atoms with Crippen molar-refractivity contribution in [3.8, 4) is 11.1 Å². The molecule has 0 aliphatic rings. The summed E-state index contributed by atoms with van der Waals surface area (Å²) in [4.78, 5) is 32.9. The second-order valence-corrected chi connectivity index (χ2v) is 11.3. The molecule has 5 aromatic rings. The number of carboxylic acids is 1. The SMILES string of the molecule is O=C(NC(CCCCNc1ncc[nH]1)(NS(=O)(=O)c1ccc(-c2ccccc2)cc1)C(=O)O)c1ccc2[nH]ncc2c1. The number of benzene rings is 3. The minimum atomic E-state index is -4.38. The first-order chi connectivity index (χ1) is 20.3. The molecule has 0 saturated heterocycles. The quantitative estimate of drug-likeness (QED) is 0.0890. The molecule has 1 atom stereocenters. The van der Waals surface area contributed by atoms with Crippen LogP contribution in [0.5, 0.6) is 0 Å². The molecule has 3 aromatic carbocycles. The Balaban J connectivity index is 1.39. The van der Waals surface area contributed by atoms with Crippen LogP contribution >= 0.6 is 0 Å². The number of fused-ring (bicyclic) bond motifs is 1. The molecule has 13 heteroatoms. The highest BCUT2D eigenvalue weighted by Crippen LogP contribution is 2.24. The molecule has 0 bridgehead atoms. The van der Waals surface area contributed by atoms with Crippen LogP contribution in [-0.2, 0) is 14.8 Å². The van der Waals surface area contributed by atoms with Crippen molar-refractivity contribution in [2.75, 3.05) is 11.9 Å². The fourth-order valence-electron chi connectivity index (χ4n) is 4.52. The molecular weight excluding hydrogens is 558 g/mol. The summed E-state index contributed by atoms with van der Waals surface area (Å²) in [6.45, 7) is 0.446. The van der Waals surface area contributed by atoms with Gasteiger partial charge in [-0.2, -0.15) is 9.82 Å². The van der Waals surface area contributed by atoms with Crippen molar-refractivity contribution < 1.29 is 23.1 Å². The summed E-state index contributed by atoms with van der Waals surface area (Å²) in [5.41, 5.74) is 0.217. The lowest BCUT2D eigenvalue weighted by Crippen LogP contribution is -2.65.